The molecule has 6 heteroatoms. The van der Waals surface area contributed by atoms with Crippen LogP contribution in [0.2, 0.25) is 0 Å². The average molecular weight is 541 g/mol. The molecule has 1 N–H and O–H groups in total. The standard InChI is InChI=1S/C34H36O6/c1-30(2,3)34-31(4,5)19-37-33(34,39-40-34)25-17-26(35)27(24-15-11-10-14-23(24)25)28-22-13-9-8-12-20(22)16-21-18-36-32(6,7)38-29(21)28/h8-17,35H,18-19H2,1-7H3/t33-,34-/m0/s1. The quantitative estimate of drug-likeness (QED) is 0.260. The summed E-state index contributed by atoms with van der Waals surface area (Å²) in [6.45, 7) is 15.5. The highest BCUT2D eigenvalue weighted by Gasteiger charge is 2.81. The van der Waals surface area contributed by atoms with Crippen molar-refractivity contribution in [2.75, 3.05) is 6.61 Å². The second-order valence-electron chi connectivity index (χ2n) is 13.5. The van der Waals surface area contributed by atoms with E-state index in [9.17, 15) is 5.11 Å². The maximum Gasteiger partial charge on any atom is 0.262 e. The molecule has 0 bridgehead atoms. The van der Waals surface area contributed by atoms with Gasteiger partial charge in [-0.15, -0.1) is 0 Å². The van der Waals surface area contributed by atoms with Gasteiger partial charge in [0.1, 0.15) is 11.5 Å². The van der Waals surface area contributed by atoms with Crippen LogP contribution in [0, 0.1) is 10.8 Å². The van der Waals surface area contributed by atoms with Gasteiger partial charge in [-0.25, -0.2) is 4.89 Å². The van der Waals surface area contributed by atoms with Crippen LogP contribution in [0.15, 0.2) is 60.7 Å². The van der Waals surface area contributed by atoms with Crippen molar-refractivity contribution in [2.45, 2.75) is 72.2 Å². The van der Waals surface area contributed by atoms with Crippen molar-refractivity contribution in [2.24, 2.45) is 10.8 Å². The van der Waals surface area contributed by atoms with Crippen molar-refractivity contribution in [3.8, 4) is 22.6 Å². The molecule has 0 radical (unpaired) electrons. The molecule has 2 fully saturated rings. The van der Waals surface area contributed by atoms with Crippen molar-refractivity contribution in [1.82, 2.24) is 0 Å². The summed E-state index contributed by atoms with van der Waals surface area (Å²) in [6, 6.07) is 20.2. The number of benzene rings is 4. The summed E-state index contributed by atoms with van der Waals surface area (Å²) in [5, 5.41) is 15.9. The predicted molar refractivity (Wildman–Crippen MR) is 154 cm³/mol. The summed E-state index contributed by atoms with van der Waals surface area (Å²) >= 11 is 0. The van der Waals surface area contributed by atoms with Crippen molar-refractivity contribution >= 4 is 21.5 Å². The lowest BCUT2D eigenvalue weighted by molar-refractivity contribution is -0.626. The Morgan fingerprint density at radius 2 is 1.45 bits per heavy atom. The second kappa shape index (κ2) is 7.98. The topological polar surface area (TPSA) is 66.4 Å². The van der Waals surface area contributed by atoms with Gasteiger partial charge in [-0.05, 0) is 33.7 Å². The van der Waals surface area contributed by atoms with Gasteiger partial charge in [0.25, 0.3) is 5.79 Å². The van der Waals surface area contributed by atoms with Crippen LogP contribution in [0.1, 0.15) is 59.6 Å². The molecule has 3 aliphatic rings. The van der Waals surface area contributed by atoms with E-state index in [1.54, 1.807) is 6.07 Å². The minimum absolute atomic E-state index is 0.126. The molecule has 0 unspecified atom stereocenters. The fraction of sp³-hybridized carbons (Fsp3) is 0.412. The lowest BCUT2D eigenvalue weighted by atomic mass is 9.57. The van der Waals surface area contributed by atoms with Crippen molar-refractivity contribution in [1.29, 1.82) is 0 Å². The summed E-state index contributed by atoms with van der Waals surface area (Å²) in [6.07, 6.45) is 0. The minimum Gasteiger partial charge on any atom is -0.507 e. The Hall–Kier alpha value is -3.16. The highest BCUT2D eigenvalue weighted by molar-refractivity contribution is 6.11. The van der Waals surface area contributed by atoms with Gasteiger partial charge < -0.3 is 19.3 Å². The van der Waals surface area contributed by atoms with Gasteiger partial charge in [-0.1, -0.05) is 83.1 Å². The van der Waals surface area contributed by atoms with Gasteiger partial charge >= 0.3 is 0 Å². The van der Waals surface area contributed by atoms with Crippen molar-refractivity contribution in [3.63, 3.8) is 0 Å². The zero-order chi connectivity index (χ0) is 28.3. The molecule has 0 amide bonds. The Balaban J connectivity index is 1.56. The number of rotatable bonds is 2. The number of hydrogen-bond donors (Lipinski definition) is 1. The van der Waals surface area contributed by atoms with Gasteiger partial charge in [0.05, 0.1) is 13.2 Å². The first kappa shape index (κ1) is 25.8. The predicted octanol–water partition coefficient (Wildman–Crippen LogP) is 7.97. The third-order valence-electron chi connectivity index (χ3n) is 9.02. The molecule has 0 aromatic heterocycles. The van der Waals surface area contributed by atoms with Gasteiger partial charge in [-0.3, -0.25) is 0 Å². The fourth-order valence-corrected chi connectivity index (χ4v) is 7.50. The maximum absolute atomic E-state index is 12.0. The summed E-state index contributed by atoms with van der Waals surface area (Å²) in [7, 11) is 0. The molecule has 0 aliphatic carbocycles. The zero-order valence-electron chi connectivity index (χ0n) is 24.2. The number of phenolic OH excluding ortho intramolecular Hbond substituents is 1. The number of ether oxygens (including phenoxy) is 3. The van der Waals surface area contributed by atoms with Crippen molar-refractivity contribution in [3.05, 3.63) is 71.8 Å². The van der Waals surface area contributed by atoms with E-state index >= 15 is 0 Å². The molecular formula is C34H36O6. The molecule has 7 rings (SSSR count). The second-order valence-corrected chi connectivity index (χ2v) is 13.5. The van der Waals surface area contributed by atoms with Gasteiger partial charge in [0.2, 0.25) is 5.79 Å². The Labute approximate surface area is 234 Å². The molecule has 0 saturated carbocycles. The van der Waals surface area contributed by atoms with Crippen LogP contribution in [0.5, 0.6) is 11.5 Å². The third kappa shape index (κ3) is 3.13. The summed E-state index contributed by atoms with van der Waals surface area (Å²) in [5.74, 6) is -1.12. The normalized spacial score (nSPS) is 26.7. The van der Waals surface area contributed by atoms with Crippen LogP contribution in [-0.2, 0) is 31.6 Å². The Kier molecular flexibility index (Phi) is 5.14. The molecule has 3 heterocycles. The van der Waals surface area contributed by atoms with Crippen LogP contribution >= 0.6 is 0 Å². The summed E-state index contributed by atoms with van der Waals surface area (Å²) in [4.78, 5) is 12.1. The smallest absolute Gasteiger partial charge is 0.262 e. The first-order valence-electron chi connectivity index (χ1n) is 14.0. The van der Waals surface area contributed by atoms with E-state index in [0.29, 0.717) is 18.8 Å². The van der Waals surface area contributed by atoms with E-state index < -0.39 is 17.2 Å². The van der Waals surface area contributed by atoms with Crippen LogP contribution in [0.4, 0.5) is 0 Å². The van der Waals surface area contributed by atoms with Gasteiger partial charge in [0, 0.05) is 46.9 Å². The van der Waals surface area contributed by atoms with Crippen molar-refractivity contribution < 1.29 is 29.1 Å². The molecule has 40 heavy (non-hydrogen) atoms. The number of hydrogen-bond acceptors (Lipinski definition) is 6. The molecule has 2 atom stereocenters. The average Bonchev–Trinajstić information content (AvgIpc) is 3.03. The molecule has 208 valence electrons. The molecule has 0 spiro atoms. The number of fused-ring (bicyclic) bond motifs is 4. The highest BCUT2D eigenvalue weighted by atomic mass is 17.3. The molecule has 2 saturated heterocycles. The lowest BCUT2D eigenvalue weighted by Crippen LogP contribution is -2.73. The summed E-state index contributed by atoms with van der Waals surface area (Å²) < 4.78 is 19.0. The first-order valence-corrected chi connectivity index (χ1v) is 14.0. The lowest BCUT2D eigenvalue weighted by Gasteiger charge is -2.61. The van der Waals surface area contributed by atoms with Crippen LogP contribution in [-0.4, -0.2) is 23.1 Å². The van der Waals surface area contributed by atoms with Gasteiger partial charge in [0.15, 0.2) is 5.60 Å². The van der Waals surface area contributed by atoms with E-state index in [-0.39, 0.29) is 16.6 Å². The van der Waals surface area contributed by atoms with E-state index in [2.05, 4.69) is 58.9 Å². The van der Waals surface area contributed by atoms with E-state index in [1.165, 1.54) is 0 Å². The molecule has 6 nitrogen and oxygen atoms in total. The zero-order valence-corrected chi connectivity index (χ0v) is 24.2. The fourth-order valence-electron chi connectivity index (χ4n) is 7.50. The Morgan fingerprint density at radius 3 is 2.12 bits per heavy atom. The highest BCUT2D eigenvalue weighted by Crippen LogP contribution is 2.70. The van der Waals surface area contributed by atoms with Crippen LogP contribution in [0.25, 0.3) is 32.7 Å². The van der Waals surface area contributed by atoms with Crippen LogP contribution in [0.3, 0.4) is 0 Å². The minimum atomic E-state index is -1.17. The monoisotopic (exact) mass is 540 g/mol. The SMILES string of the molecule is CC1(C)OCc2cc3ccccc3c(-c3c(O)cc([C@@]45OCC(C)(C)[C@]4(C(C)(C)C)OO5)c4ccccc34)c2O1. The van der Waals surface area contributed by atoms with E-state index in [0.717, 1.165) is 44.0 Å². The van der Waals surface area contributed by atoms with E-state index in [1.807, 2.05) is 44.2 Å². The number of phenols is 1. The first-order chi connectivity index (χ1) is 18.8. The summed E-state index contributed by atoms with van der Waals surface area (Å²) in [5.41, 5.74) is 1.83. The number of aromatic hydroxyl groups is 1. The molecule has 4 aromatic rings. The van der Waals surface area contributed by atoms with Gasteiger partial charge in [-0.2, -0.15) is 4.89 Å². The van der Waals surface area contributed by atoms with Crippen LogP contribution < -0.4 is 4.74 Å². The Morgan fingerprint density at radius 1 is 0.775 bits per heavy atom. The maximum atomic E-state index is 12.0. The Bertz CT molecular complexity index is 1700. The molecule has 4 aromatic carbocycles. The molecular weight excluding hydrogens is 504 g/mol. The largest absolute Gasteiger partial charge is 0.507 e. The third-order valence-corrected chi connectivity index (χ3v) is 9.02. The van der Waals surface area contributed by atoms with E-state index in [4.69, 9.17) is 24.0 Å². The molecule has 3 aliphatic heterocycles.